The smallest absolute Gasteiger partial charge is 0.274 e. The standard InChI is InChI=1S/C17H22BrN5O/c1-12-5-6-13(11-14(12)18)21-16(24)15-7-9-20-17(22-15)19-8-4-10-23(2)3/h5-7,9,11H,4,8,10H2,1-3H3,(H,21,24)(H,19,20,22). The van der Waals surface area contributed by atoms with E-state index in [1.807, 2.05) is 39.2 Å². The zero-order valence-electron chi connectivity index (χ0n) is 14.1. The molecule has 128 valence electrons. The number of hydrogen-bond donors (Lipinski definition) is 2. The molecule has 1 aromatic heterocycles. The van der Waals surface area contributed by atoms with Crippen molar-refractivity contribution in [2.45, 2.75) is 13.3 Å². The van der Waals surface area contributed by atoms with Crippen LogP contribution < -0.4 is 10.6 Å². The lowest BCUT2D eigenvalue weighted by Gasteiger charge is -2.10. The normalized spacial score (nSPS) is 10.7. The number of carbonyl (C=O) groups excluding carboxylic acids is 1. The van der Waals surface area contributed by atoms with E-state index in [1.165, 1.54) is 0 Å². The van der Waals surface area contributed by atoms with Gasteiger partial charge >= 0.3 is 0 Å². The molecule has 0 atom stereocenters. The lowest BCUT2D eigenvalue weighted by atomic mass is 10.2. The van der Waals surface area contributed by atoms with Crippen LogP contribution >= 0.6 is 15.9 Å². The van der Waals surface area contributed by atoms with Crippen LogP contribution in [0.2, 0.25) is 0 Å². The van der Waals surface area contributed by atoms with Crippen molar-refractivity contribution in [1.29, 1.82) is 0 Å². The van der Waals surface area contributed by atoms with Gasteiger partial charge in [-0.2, -0.15) is 0 Å². The molecule has 0 saturated heterocycles. The summed E-state index contributed by atoms with van der Waals surface area (Å²) < 4.78 is 0.950. The van der Waals surface area contributed by atoms with Crippen LogP contribution in [-0.2, 0) is 0 Å². The van der Waals surface area contributed by atoms with Crippen molar-refractivity contribution in [2.75, 3.05) is 37.8 Å². The number of rotatable bonds is 7. The molecule has 7 heteroatoms. The van der Waals surface area contributed by atoms with Crippen LogP contribution in [0.5, 0.6) is 0 Å². The van der Waals surface area contributed by atoms with Crippen LogP contribution in [0.1, 0.15) is 22.5 Å². The van der Waals surface area contributed by atoms with Gasteiger partial charge in [-0.3, -0.25) is 4.79 Å². The van der Waals surface area contributed by atoms with Gasteiger partial charge in [-0.05, 0) is 57.7 Å². The Hall–Kier alpha value is -1.99. The number of benzene rings is 1. The molecule has 2 aromatic rings. The van der Waals surface area contributed by atoms with Crippen molar-refractivity contribution in [3.63, 3.8) is 0 Å². The summed E-state index contributed by atoms with van der Waals surface area (Å²) in [5.74, 6) is 0.205. The monoisotopic (exact) mass is 391 g/mol. The van der Waals surface area contributed by atoms with E-state index < -0.39 is 0 Å². The molecule has 0 unspecified atom stereocenters. The molecular formula is C17H22BrN5O. The Balaban J connectivity index is 1.96. The van der Waals surface area contributed by atoms with Crippen molar-refractivity contribution >= 4 is 33.5 Å². The van der Waals surface area contributed by atoms with Gasteiger partial charge in [0.25, 0.3) is 5.91 Å². The van der Waals surface area contributed by atoms with E-state index in [-0.39, 0.29) is 5.91 Å². The Bertz CT molecular complexity index is 705. The molecule has 0 aliphatic rings. The minimum atomic E-state index is -0.260. The van der Waals surface area contributed by atoms with Gasteiger partial charge in [-0.1, -0.05) is 22.0 Å². The molecule has 24 heavy (non-hydrogen) atoms. The summed E-state index contributed by atoms with van der Waals surface area (Å²) in [4.78, 5) is 22.9. The summed E-state index contributed by atoms with van der Waals surface area (Å²) >= 11 is 3.46. The maximum absolute atomic E-state index is 12.3. The van der Waals surface area contributed by atoms with Crippen LogP contribution in [0, 0.1) is 6.92 Å². The third-order valence-corrected chi connectivity index (χ3v) is 4.24. The number of nitrogens with one attached hydrogen (secondary N) is 2. The minimum Gasteiger partial charge on any atom is -0.354 e. The second-order valence-corrected chi connectivity index (χ2v) is 6.62. The maximum Gasteiger partial charge on any atom is 0.274 e. The molecule has 1 aromatic carbocycles. The third-order valence-electron chi connectivity index (χ3n) is 3.38. The van der Waals surface area contributed by atoms with E-state index in [0.29, 0.717) is 11.6 Å². The Morgan fingerprint density at radius 1 is 1.29 bits per heavy atom. The predicted molar refractivity (Wildman–Crippen MR) is 101 cm³/mol. The Labute approximate surface area is 150 Å². The lowest BCUT2D eigenvalue weighted by Crippen LogP contribution is -2.18. The topological polar surface area (TPSA) is 70.2 Å². The highest BCUT2D eigenvalue weighted by atomic mass is 79.9. The van der Waals surface area contributed by atoms with E-state index in [4.69, 9.17) is 0 Å². The molecule has 0 aliphatic carbocycles. The molecule has 6 nitrogen and oxygen atoms in total. The number of hydrogen-bond acceptors (Lipinski definition) is 5. The number of nitrogens with zero attached hydrogens (tertiary/aromatic N) is 3. The van der Waals surface area contributed by atoms with Gasteiger partial charge in [-0.15, -0.1) is 0 Å². The summed E-state index contributed by atoms with van der Waals surface area (Å²) in [5.41, 5.74) is 2.16. The van der Waals surface area contributed by atoms with Crippen LogP contribution in [0.4, 0.5) is 11.6 Å². The van der Waals surface area contributed by atoms with Crippen molar-refractivity contribution in [3.05, 3.63) is 46.2 Å². The molecule has 0 fully saturated rings. The van der Waals surface area contributed by atoms with Gasteiger partial charge in [0.15, 0.2) is 0 Å². The highest BCUT2D eigenvalue weighted by Crippen LogP contribution is 2.21. The zero-order chi connectivity index (χ0) is 17.5. The maximum atomic E-state index is 12.3. The number of halogens is 1. The Kier molecular flexibility index (Phi) is 6.69. The molecule has 0 aliphatic heterocycles. The van der Waals surface area contributed by atoms with E-state index in [9.17, 15) is 4.79 Å². The molecule has 1 amide bonds. The largest absolute Gasteiger partial charge is 0.354 e. The van der Waals surface area contributed by atoms with Gasteiger partial charge in [0.1, 0.15) is 5.69 Å². The average molecular weight is 392 g/mol. The summed E-state index contributed by atoms with van der Waals surface area (Å²) in [7, 11) is 4.07. The molecule has 0 bridgehead atoms. The van der Waals surface area contributed by atoms with Crippen LogP contribution in [0.25, 0.3) is 0 Å². The van der Waals surface area contributed by atoms with Crippen LogP contribution in [0.3, 0.4) is 0 Å². The fraction of sp³-hybridized carbons (Fsp3) is 0.353. The Morgan fingerprint density at radius 2 is 2.08 bits per heavy atom. The van der Waals surface area contributed by atoms with Gasteiger partial charge in [0.05, 0.1) is 0 Å². The number of anilines is 2. The molecule has 2 rings (SSSR count). The summed E-state index contributed by atoms with van der Waals surface area (Å²) in [6, 6.07) is 7.27. The van der Waals surface area contributed by atoms with Gasteiger partial charge in [0, 0.05) is 22.9 Å². The minimum absolute atomic E-state index is 0.260. The first-order valence-electron chi connectivity index (χ1n) is 7.75. The second-order valence-electron chi connectivity index (χ2n) is 5.77. The lowest BCUT2D eigenvalue weighted by molar-refractivity contribution is 0.102. The van der Waals surface area contributed by atoms with E-state index in [2.05, 4.69) is 41.4 Å². The van der Waals surface area contributed by atoms with Crippen molar-refractivity contribution in [1.82, 2.24) is 14.9 Å². The van der Waals surface area contributed by atoms with E-state index in [1.54, 1.807) is 12.3 Å². The number of aryl methyl sites for hydroxylation is 1. The number of amides is 1. The predicted octanol–water partition coefficient (Wildman–Crippen LogP) is 3.16. The molecule has 0 radical (unpaired) electrons. The molecule has 2 N–H and O–H groups in total. The number of aromatic nitrogens is 2. The second kappa shape index (κ2) is 8.75. The fourth-order valence-corrected chi connectivity index (χ4v) is 2.41. The number of carbonyl (C=O) groups is 1. The quantitative estimate of drug-likeness (QED) is 0.709. The molecule has 0 spiro atoms. The zero-order valence-corrected chi connectivity index (χ0v) is 15.7. The highest BCUT2D eigenvalue weighted by Gasteiger charge is 2.10. The van der Waals surface area contributed by atoms with Crippen molar-refractivity contribution in [2.24, 2.45) is 0 Å². The van der Waals surface area contributed by atoms with E-state index in [0.717, 1.165) is 35.2 Å². The van der Waals surface area contributed by atoms with E-state index >= 15 is 0 Å². The van der Waals surface area contributed by atoms with Crippen LogP contribution in [-0.4, -0.2) is 48.0 Å². The first-order chi connectivity index (χ1) is 11.5. The summed E-state index contributed by atoms with van der Waals surface area (Å²) in [5, 5.41) is 5.98. The highest BCUT2D eigenvalue weighted by molar-refractivity contribution is 9.10. The SMILES string of the molecule is Cc1ccc(NC(=O)c2ccnc(NCCCN(C)C)n2)cc1Br. The average Bonchev–Trinajstić information content (AvgIpc) is 2.55. The summed E-state index contributed by atoms with van der Waals surface area (Å²) in [6.45, 7) is 3.73. The van der Waals surface area contributed by atoms with Crippen LogP contribution in [0.15, 0.2) is 34.9 Å². The van der Waals surface area contributed by atoms with Gasteiger partial charge < -0.3 is 15.5 Å². The third kappa shape index (κ3) is 5.58. The Morgan fingerprint density at radius 3 is 2.79 bits per heavy atom. The van der Waals surface area contributed by atoms with Crippen molar-refractivity contribution < 1.29 is 4.79 Å². The first-order valence-corrected chi connectivity index (χ1v) is 8.54. The van der Waals surface area contributed by atoms with Gasteiger partial charge in [-0.25, -0.2) is 9.97 Å². The summed E-state index contributed by atoms with van der Waals surface area (Å²) in [6.07, 6.45) is 2.56. The fourth-order valence-electron chi connectivity index (χ4n) is 2.03. The van der Waals surface area contributed by atoms with Gasteiger partial charge in [0.2, 0.25) is 5.95 Å². The van der Waals surface area contributed by atoms with Crippen molar-refractivity contribution in [3.8, 4) is 0 Å². The molecule has 1 heterocycles. The molecule has 0 saturated carbocycles. The first kappa shape index (κ1) is 18.4. The molecular weight excluding hydrogens is 370 g/mol.